The molecule has 3 nitrogen and oxygen atoms in total. The van der Waals surface area contributed by atoms with Crippen molar-refractivity contribution in [3.8, 4) is 11.1 Å². The highest BCUT2D eigenvalue weighted by molar-refractivity contribution is 6.58. The van der Waals surface area contributed by atoms with Crippen molar-refractivity contribution in [1.29, 1.82) is 0 Å². The topological polar surface area (TPSA) is 43.7 Å². The Kier molecular flexibility index (Phi) is 5.65. The Bertz CT molecular complexity index is 1010. The van der Waals surface area contributed by atoms with Crippen LogP contribution in [0.5, 0.6) is 0 Å². The minimum absolute atomic E-state index is 0.386. The predicted molar refractivity (Wildman–Crippen MR) is 121 cm³/mol. The fourth-order valence-electron chi connectivity index (χ4n) is 3.71. The van der Waals surface area contributed by atoms with Crippen LogP contribution in [0.2, 0.25) is 0 Å². The molecule has 0 saturated carbocycles. The first-order valence-electron chi connectivity index (χ1n) is 9.92. The standard InChI is InChI=1S/C25H24BNO2/c1-19-7-5-6-10-25(19)27(24-17-13-22(14-18-24)26(28)29)23-15-11-21(12-16-23)20-8-3-2-4-9-20/h2-6,8-19,28-29H,7H2,1H3. The summed E-state index contributed by atoms with van der Waals surface area (Å²) in [5.41, 5.74) is 6.15. The Hall–Kier alpha value is -3.08. The van der Waals surface area contributed by atoms with E-state index in [-0.39, 0.29) is 0 Å². The molecule has 0 fully saturated rings. The number of rotatable bonds is 5. The molecular weight excluding hydrogens is 357 g/mol. The zero-order valence-corrected chi connectivity index (χ0v) is 16.4. The van der Waals surface area contributed by atoms with Gasteiger partial charge in [0.15, 0.2) is 0 Å². The van der Waals surface area contributed by atoms with E-state index in [0.717, 1.165) is 17.8 Å². The Morgan fingerprint density at radius 1 is 0.793 bits per heavy atom. The molecular formula is C25H24BNO2. The first-order valence-corrected chi connectivity index (χ1v) is 9.92. The van der Waals surface area contributed by atoms with E-state index >= 15 is 0 Å². The van der Waals surface area contributed by atoms with Crippen LogP contribution < -0.4 is 10.4 Å². The fraction of sp³-hybridized carbons (Fsp3) is 0.120. The third kappa shape index (κ3) is 4.19. The summed E-state index contributed by atoms with van der Waals surface area (Å²) in [6.45, 7) is 2.23. The zero-order chi connectivity index (χ0) is 20.2. The lowest BCUT2D eigenvalue weighted by atomic mass is 9.80. The van der Waals surface area contributed by atoms with Crippen LogP contribution in [0, 0.1) is 5.92 Å². The summed E-state index contributed by atoms with van der Waals surface area (Å²) in [5.74, 6) is 0.386. The summed E-state index contributed by atoms with van der Waals surface area (Å²) in [7, 11) is -1.46. The van der Waals surface area contributed by atoms with E-state index in [1.165, 1.54) is 16.8 Å². The fourth-order valence-corrected chi connectivity index (χ4v) is 3.71. The van der Waals surface area contributed by atoms with E-state index < -0.39 is 7.12 Å². The van der Waals surface area contributed by atoms with Crippen LogP contribution in [-0.2, 0) is 0 Å². The van der Waals surface area contributed by atoms with Crippen LogP contribution in [0.4, 0.5) is 11.4 Å². The van der Waals surface area contributed by atoms with Crippen molar-refractivity contribution in [2.45, 2.75) is 13.3 Å². The maximum absolute atomic E-state index is 9.42. The third-order valence-electron chi connectivity index (χ3n) is 5.34. The molecule has 0 spiro atoms. The summed E-state index contributed by atoms with van der Waals surface area (Å²) in [4.78, 5) is 2.25. The van der Waals surface area contributed by atoms with E-state index in [2.05, 4.69) is 66.4 Å². The molecule has 0 radical (unpaired) electrons. The quantitative estimate of drug-likeness (QED) is 0.633. The SMILES string of the molecule is CC1CC=CC=C1N(c1ccc(B(O)O)cc1)c1ccc(-c2ccccc2)cc1. The maximum Gasteiger partial charge on any atom is 0.488 e. The van der Waals surface area contributed by atoms with Gasteiger partial charge in [-0.1, -0.05) is 73.7 Å². The highest BCUT2D eigenvalue weighted by Crippen LogP contribution is 2.36. The molecule has 0 aromatic heterocycles. The van der Waals surface area contributed by atoms with Gasteiger partial charge in [0.2, 0.25) is 0 Å². The van der Waals surface area contributed by atoms with Crippen LogP contribution in [0.15, 0.2) is 103 Å². The van der Waals surface area contributed by atoms with Crippen molar-refractivity contribution >= 4 is 24.0 Å². The number of allylic oxidation sites excluding steroid dienone is 4. The second kappa shape index (κ2) is 8.52. The molecule has 4 heteroatoms. The van der Waals surface area contributed by atoms with Crippen molar-refractivity contribution < 1.29 is 10.0 Å². The second-order valence-electron chi connectivity index (χ2n) is 7.37. The number of hydrogen-bond acceptors (Lipinski definition) is 3. The van der Waals surface area contributed by atoms with Gasteiger partial charge >= 0.3 is 7.12 Å². The highest BCUT2D eigenvalue weighted by atomic mass is 16.4. The van der Waals surface area contributed by atoms with Crippen LogP contribution >= 0.6 is 0 Å². The summed E-state index contributed by atoms with van der Waals surface area (Å²) in [6, 6.07) is 26.3. The Labute approximate surface area is 172 Å². The summed E-state index contributed by atoms with van der Waals surface area (Å²) in [5, 5.41) is 18.8. The van der Waals surface area contributed by atoms with Crippen LogP contribution in [0.1, 0.15) is 13.3 Å². The van der Waals surface area contributed by atoms with Gasteiger partial charge < -0.3 is 14.9 Å². The van der Waals surface area contributed by atoms with Crippen molar-refractivity contribution in [3.63, 3.8) is 0 Å². The minimum Gasteiger partial charge on any atom is -0.423 e. The zero-order valence-electron chi connectivity index (χ0n) is 16.4. The molecule has 1 atom stereocenters. The van der Waals surface area contributed by atoms with Gasteiger partial charge in [-0.3, -0.25) is 0 Å². The molecule has 4 rings (SSSR count). The summed E-state index contributed by atoms with van der Waals surface area (Å²) >= 11 is 0. The van der Waals surface area contributed by atoms with E-state index in [4.69, 9.17) is 0 Å². The molecule has 2 N–H and O–H groups in total. The normalized spacial score (nSPS) is 15.7. The van der Waals surface area contributed by atoms with Crippen molar-refractivity contribution in [2.24, 2.45) is 5.92 Å². The number of nitrogens with zero attached hydrogens (tertiary/aromatic N) is 1. The lowest BCUT2D eigenvalue weighted by molar-refractivity contribution is 0.426. The second-order valence-corrected chi connectivity index (χ2v) is 7.37. The number of anilines is 2. The van der Waals surface area contributed by atoms with Crippen molar-refractivity contribution in [3.05, 3.63) is 103 Å². The molecule has 0 saturated heterocycles. The lowest BCUT2D eigenvalue weighted by Gasteiger charge is -2.32. The smallest absolute Gasteiger partial charge is 0.423 e. The minimum atomic E-state index is -1.46. The van der Waals surface area contributed by atoms with Crippen LogP contribution in [0.25, 0.3) is 11.1 Å². The number of benzene rings is 3. The van der Waals surface area contributed by atoms with Crippen molar-refractivity contribution in [1.82, 2.24) is 0 Å². The molecule has 1 unspecified atom stereocenters. The van der Waals surface area contributed by atoms with Gasteiger partial charge in [0.1, 0.15) is 0 Å². The van der Waals surface area contributed by atoms with Gasteiger partial charge in [-0.2, -0.15) is 0 Å². The van der Waals surface area contributed by atoms with Gasteiger partial charge in [-0.05, 0) is 53.4 Å². The molecule has 0 heterocycles. The highest BCUT2D eigenvalue weighted by Gasteiger charge is 2.21. The molecule has 1 aliphatic carbocycles. The Morgan fingerprint density at radius 2 is 1.38 bits per heavy atom. The van der Waals surface area contributed by atoms with E-state index in [1.807, 2.05) is 30.3 Å². The van der Waals surface area contributed by atoms with Crippen LogP contribution in [-0.4, -0.2) is 17.2 Å². The average molecular weight is 381 g/mol. The molecule has 0 aliphatic heterocycles. The van der Waals surface area contributed by atoms with Gasteiger partial charge in [0.25, 0.3) is 0 Å². The van der Waals surface area contributed by atoms with Crippen LogP contribution in [0.3, 0.4) is 0 Å². The molecule has 0 bridgehead atoms. The van der Waals surface area contributed by atoms with E-state index in [9.17, 15) is 10.0 Å². The third-order valence-corrected chi connectivity index (χ3v) is 5.34. The largest absolute Gasteiger partial charge is 0.488 e. The molecule has 0 amide bonds. The molecule has 3 aromatic rings. The number of hydrogen-bond donors (Lipinski definition) is 2. The van der Waals surface area contributed by atoms with Gasteiger partial charge in [0.05, 0.1) is 0 Å². The molecule has 3 aromatic carbocycles. The summed E-state index contributed by atoms with van der Waals surface area (Å²) < 4.78 is 0. The first-order chi connectivity index (χ1) is 14.1. The molecule has 1 aliphatic rings. The molecule has 144 valence electrons. The van der Waals surface area contributed by atoms with Gasteiger partial charge in [-0.15, -0.1) is 0 Å². The maximum atomic E-state index is 9.42. The van der Waals surface area contributed by atoms with Crippen molar-refractivity contribution in [2.75, 3.05) is 4.90 Å². The van der Waals surface area contributed by atoms with E-state index in [1.54, 1.807) is 12.1 Å². The lowest BCUT2D eigenvalue weighted by Crippen LogP contribution is -2.30. The summed E-state index contributed by atoms with van der Waals surface area (Å²) in [6.07, 6.45) is 7.45. The van der Waals surface area contributed by atoms with E-state index in [0.29, 0.717) is 11.4 Å². The monoisotopic (exact) mass is 381 g/mol. The van der Waals surface area contributed by atoms with Gasteiger partial charge in [-0.25, -0.2) is 0 Å². The average Bonchev–Trinajstić information content (AvgIpc) is 2.77. The Balaban J connectivity index is 1.74. The first kappa shape index (κ1) is 19.3. The predicted octanol–water partition coefficient (Wildman–Crippen LogP) is 4.65. The van der Waals surface area contributed by atoms with Gasteiger partial charge in [0, 0.05) is 23.0 Å². The Morgan fingerprint density at radius 3 is 1.97 bits per heavy atom. The molecule has 29 heavy (non-hydrogen) atoms.